The Morgan fingerprint density at radius 2 is 2.10 bits per heavy atom. The van der Waals surface area contributed by atoms with Crippen LogP contribution in [0.5, 0.6) is 0 Å². The molecule has 21 heavy (non-hydrogen) atoms. The third kappa shape index (κ3) is 3.27. The van der Waals surface area contributed by atoms with E-state index in [2.05, 4.69) is 29.6 Å². The van der Waals surface area contributed by atoms with E-state index < -0.39 is 0 Å². The molecule has 1 saturated heterocycles. The molecule has 0 saturated carbocycles. The van der Waals surface area contributed by atoms with E-state index in [1.54, 1.807) is 0 Å². The summed E-state index contributed by atoms with van der Waals surface area (Å²) in [6.45, 7) is 4.72. The van der Waals surface area contributed by atoms with Gasteiger partial charge in [-0.3, -0.25) is 10.1 Å². The summed E-state index contributed by atoms with van der Waals surface area (Å²) < 4.78 is 5.31. The average molecular weight is 288 g/mol. The minimum atomic E-state index is -0.140. The Morgan fingerprint density at radius 1 is 1.33 bits per heavy atom. The number of morpholine rings is 1. The summed E-state index contributed by atoms with van der Waals surface area (Å²) >= 11 is 0. The molecule has 114 valence electrons. The fourth-order valence-electron chi connectivity index (χ4n) is 3.36. The number of ether oxygens (including phenoxy) is 1. The Morgan fingerprint density at radius 3 is 2.90 bits per heavy atom. The van der Waals surface area contributed by atoms with E-state index in [-0.39, 0.29) is 11.9 Å². The number of carbonyl (C=O) groups excluding carboxylic acids is 1. The highest BCUT2D eigenvalue weighted by Crippen LogP contribution is 2.29. The van der Waals surface area contributed by atoms with Gasteiger partial charge in [0.15, 0.2) is 0 Å². The predicted molar refractivity (Wildman–Crippen MR) is 82.1 cm³/mol. The van der Waals surface area contributed by atoms with Crippen molar-refractivity contribution < 1.29 is 9.53 Å². The monoisotopic (exact) mass is 288 g/mol. The largest absolute Gasteiger partial charge is 0.378 e. The average Bonchev–Trinajstić information content (AvgIpc) is 2.55. The van der Waals surface area contributed by atoms with Gasteiger partial charge in [0.2, 0.25) is 5.91 Å². The van der Waals surface area contributed by atoms with Crippen molar-refractivity contribution in [3.8, 4) is 0 Å². The molecule has 4 nitrogen and oxygen atoms in total. The Balaban J connectivity index is 1.65. The van der Waals surface area contributed by atoms with Gasteiger partial charge in [-0.1, -0.05) is 24.3 Å². The Bertz CT molecular complexity index is 497. The number of rotatable bonds is 3. The lowest BCUT2D eigenvalue weighted by atomic mass is 9.87. The van der Waals surface area contributed by atoms with Gasteiger partial charge in [0.25, 0.3) is 0 Å². The van der Waals surface area contributed by atoms with Gasteiger partial charge < -0.3 is 9.64 Å². The summed E-state index contributed by atoms with van der Waals surface area (Å²) in [5.74, 6) is 0.196. The van der Waals surface area contributed by atoms with Crippen LogP contribution in [-0.2, 0) is 16.0 Å². The zero-order chi connectivity index (χ0) is 14.7. The number of nitrogens with zero attached hydrogens (tertiary/aromatic N) is 1. The minimum absolute atomic E-state index is 0.140. The second-order valence-corrected chi connectivity index (χ2v) is 5.97. The first-order valence-electron chi connectivity index (χ1n) is 7.96. The highest BCUT2D eigenvalue weighted by atomic mass is 16.5. The maximum absolute atomic E-state index is 12.5. The molecular formula is C17H24N2O2. The second-order valence-electron chi connectivity index (χ2n) is 5.97. The lowest BCUT2D eigenvalue weighted by Gasteiger charge is -2.33. The quantitative estimate of drug-likeness (QED) is 0.923. The van der Waals surface area contributed by atoms with E-state index in [1.165, 1.54) is 17.5 Å². The van der Waals surface area contributed by atoms with Crippen LogP contribution in [0.25, 0.3) is 0 Å². The summed E-state index contributed by atoms with van der Waals surface area (Å²) in [6.07, 6.45) is 3.45. The molecule has 2 atom stereocenters. The number of aryl methyl sites for hydroxylation is 1. The Hall–Kier alpha value is -1.39. The van der Waals surface area contributed by atoms with Gasteiger partial charge >= 0.3 is 0 Å². The molecule has 1 aromatic rings. The zero-order valence-corrected chi connectivity index (χ0v) is 12.7. The number of hydrogen-bond donors (Lipinski definition) is 1. The van der Waals surface area contributed by atoms with Gasteiger partial charge in [0, 0.05) is 19.1 Å². The SMILES string of the molecule is CC(NC1CCCc2ccccc21)C(=O)N1CCOCC1. The smallest absolute Gasteiger partial charge is 0.239 e. The lowest BCUT2D eigenvalue weighted by Crippen LogP contribution is -2.50. The van der Waals surface area contributed by atoms with Gasteiger partial charge in [0.1, 0.15) is 0 Å². The fraction of sp³-hybridized carbons (Fsp3) is 0.588. The van der Waals surface area contributed by atoms with Crippen molar-refractivity contribution in [1.82, 2.24) is 10.2 Å². The van der Waals surface area contributed by atoms with Gasteiger partial charge in [-0.2, -0.15) is 0 Å². The number of benzene rings is 1. The standard InChI is InChI=1S/C17H24N2O2/c1-13(17(20)19-9-11-21-12-10-19)18-16-8-4-6-14-5-2-3-7-15(14)16/h2-3,5,7,13,16,18H,4,6,8-12H2,1H3. The van der Waals surface area contributed by atoms with Gasteiger partial charge in [-0.25, -0.2) is 0 Å². The topological polar surface area (TPSA) is 41.6 Å². The first kappa shape index (κ1) is 14.5. The molecule has 0 radical (unpaired) electrons. The second kappa shape index (κ2) is 6.58. The minimum Gasteiger partial charge on any atom is -0.378 e. The molecule has 4 heteroatoms. The lowest BCUT2D eigenvalue weighted by molar-refractivity contribution is -0.137. The van der Waals surface area contributed by atoms with Crippen LogP contribution in [0.1, 0.15) is 36.9 Å². The molecule has 1 fully saturated rings. The summed E-state index contributed by atoms with van der Waals surface area (Å²) in [5.41, 5.74) is 2.79. The molecule has 1 heterocycles. The van der Waals surface area contributed by atoms with Gasteiger partial charge in [-0.15, -0.1) is 0 Å². The number of carbonyl (C=O) groups is 1. The summed E-state index contributed by atoms with van der Waals surface area (Å²) in [7, 11) is 0. The van der Waals surface area contributed by atoms with Crippen molar-refractivity contribution >= 4 is 5.91 Å². The summed E-state index contributed by atoms with van der Waals surface area (Å²) in [6, 6.07) is 8.75. The van der Waals surface area contributed by atoms with Crippen LogP contribution in [0, 0.1) is 0 Å². The van der Waals surface area contributed by atoms with Crippen LogP contribution >= 0.6 is 0 Å². The number of fused-ring (bicyclic) bond motifs is 1. The van der Waals surface area contributed by atoms with Crippen molar-refractivity contribution in [3.05, 3.63) is 35.4 Å². The third-order valence-electron chi connectivity index (χ3n) is 4.51. The van der Waals surface area contributed by atoms with Crippen molar-refractivity contribution in [2.75, 3.05) is 26.3 Å². The van der Waals surface area contributed by atoms with Crippen LogP contribution < -0.4 is 5.32 Å². The maximum atomic E-state index is 12.5. The summed E-state index contributed by atoms with van der Waals surface area (Å²) in [4.78, 5) is 14.4. The van der Waals surface area contributed by atoms with Crippen molar-refractivity contribution in [3.63, 3.8) is 0 Å². The van der Waals surface area contributed by atoms with Crippen LogP contribution in [0.3, 0.4) is 0 Å². The first-order chi connectivity index (χ1) is 10.3. The van der Waals surface area contributed by atoms with Crippen molar-refractivity contribution in [2.24, 2.45) is 0 Å². The normalized spacial score (nSPS) is 23.5. The van der Waals surface area contributed by atoms with E-state index in [0.29, 0.717) is 32.3 Å². The zero-order valence-electron chi connectivity index (χ0n) is 12.7. The molecule has 2 unspecified atom stereocenters. The number of hydrogen-bond acceptors (Lipinski definition) is 3. The highest BCUT2D eigenvalue weighted by molar-refractivity contribution is 5.81. The molecule has 1 amide bonds. The van der Waals surface area contributed by atoms with Crippen LogP contribution in [-0.4, -0.2) is 43.2 Å². The van der Waals surface area contributed by atoms with Gasteiger partial charge in [-0.05, 0) is 37.3 Å². The van der Waals surface area contributed by atoms with Crippen molar-refractivity contribution in [2.45, 2.75) is 38.3 Å². The molecule has 0 aromatic heterocycles. The Labute approximate surface area is 126 Å². The van der Waals surface area contributed by atoms with Crippen LogP contribution in [0.15, 0.2) is 24.3 Å². The Kier molecular flexibility index (Phi) is 4.56. The molecule has 2 aliphatic rings. The molecule has 1 aromatic carbocycles. The maximum Gasteiger partial charge on any atom is 0.239 e. The number of nitrogens with one attached hydrogen (secondary N) is 1. The molecule has 3 rings (SSSR count). The van der Waals surface area contributed by atoms with E-state index in [4.69, 9.17) is 4.74 Å². The van der Waals surface area contributed by atoms with E-state index in [1.807, 2.05) is 11.8 Å². The molecule has 1 aliphatic carbocycles. The van der Waals surface area contributed by atoms with Crippen molar-refractivity contribution in [1.29, 1.82) is 0 Å². The molecule has 0 bridgehead atoms. The molecule has 1 N–H and O–H groups in total. The number of amides is 1. The predicted octanol–water partition coefficient (Wildman–Crippen LogP) is 1.90. The molecular weight excluding hydrogens is 264 g/mol. The van der Waals surface area contributed by atoms with Gasteiger partial charge in [0.05, 0.1) is 19.3 Å². The first-order valence-corrected chi connectivity index (χ1v) is 7.96. The molecule has 1 aliphatic heterocycles. The van der Waals surface area contributed by atoms with E-state index in [0.717, 1.165) is 12.8 Å². The van der Waals surface area contributed by atoms with E-state index >= 15 is 0 Å². The third-order valence-corrected chi connectivity index (χ3v) is 4.51. The highest BCUT2D eigenvalue weighted by Gasteiger charge is 2.27. The van der Waals surface area contributed by atoms with Crippen LogP contribution in [0.4, 0.5) is 0 Å². The fourth-order valence-corrected chi connectivity index (χ4v) is 3.36. The van der Waals surface area contributed by atoms with E-state index in [9.17, 15) is 4.79 Å². The van der Waals surface area contributed by atoms with Crippen LogP contribution in [0.2, 0.25) is 0 Å². The summed E-state index contributed by atoms with van der Waals surface area (Å²) in [5, 5.41) is 3.54. The molecule has 0 spiro atoms.